The Hall–Kier alpha value is -1.34. The number of thiophene rings is 1. The zero-order valence-corrected chi connectivity index (χ0v) is 11.0. The number of rotatable bonds is 2. The first-order valence-corrected chi connectivity index (χ1v) is 6.75. The molecule has 0 saturated heterocycles. The van der Waals surface area contributed by atoms with Gasteiger partial charge >= 0.3 is 0 Å². The molecule has 4 heteroatoms. The van der Waals surface area contributed by atoms with Gasteiger partial charge < -0.3 is 4.90 Å². The Morgan fingerprint density at radius 1 is 1.59 bits per heavy atom. The zero-order valence-electron chi connectivity index (χ0n) is 10.1. The van der Waals surface area contributed by atoms with Gasteiger partial charge in [-0.15, -0.1) is 11.3 Å². The first kappa shape index (κ1) is 12.1. The third kappa shape index (κ3) is 2.34. The van der Waals surface area contributed by atoms with Gasteiger partial charge in [-0.3, -0.25) is 4.79 Å². The van der Waals surface area contributed by atoms with E-state index in [1.165, 1.54) is 10.4 Å². The van der Waals surface area contributed by atoms with E-state index in [4.69, 9.17) is 5.26 Å². The predicted octanol–water partition coefficient (Wildman–Crippen LogP) is 2.43. The minimum absolute atomic E-state index is 0.0145. The van der Waals surface area contributed by atoms with Gasteiger partial charge in [0.15, 0.2) is 0 Å². The molecule has 1 aliphatic rings. The molecule has 1 unspecified atom stereocenters. The van der Waals surface area contributed by atoms with Crippen LogP contribution in [-0.4, -0.2) is 17.4 Å². The Bertz CT molecular complexity index is 458. The summed E-state index contributed by atoms with van der Waals surface area (Å²) in [7, 11) is 0. The van der Waals surface area contributed by atoms with Gasteiger partial charge in [0.1, 0.15) is 5.92 Å². The molecule has 2 rings (SSSR count). The number of fused-ring (bicyclic) bond motifs is 1. The van der Waals surface area contributed by atoms with Crippen LogP contribution in [0, 0.1) is 23.2 Å². The molecular weight excluding hydrogens is 232 g/mol. The van der Waals surface area contributed by atoms with Crippen molar-refractivity contribution in [3.8, 4) is 6.07 Å². The van der Waals surface area contributed by atoms with Crippen LogP contribution in [0.1, 0.15) is 24.3 Å². The standard InChI is InChI=1S/C13H16N2OS/c1-9(2)11(7-14)13(16)15-5-3-12-10(8-15)4-6-17-12/h4,6,9,11H,3,5,8H2,1-2H3. The highest BCUT2D eigenvalue weighted by Crippen LogP contribution is 2.25. The Morgan fingerprint density at radius 2 is 2.35 bits per heavy atom. The lowest BCUT2D eigenvalue weighted by Crippen LogP contribution is -2.40. The molecule has 1 amide bonds. The lowest BCUT2D eigenvalue weighted by Gasteiger charge is -2.29. The molecule has 0 radical (unpaired) electrons. The van der Waals surface area contributed by atoms with E-state index in [2.05, 4.69) is 17.5 Å². The summed E-state index contributed by atoms with van der Waals surface area (Å²) < 4.78 is 0. The fraction of sp³-hybridized carbons (Fsp3) is 0.538. The zero-order chi connectivity index (χ0) is 12.4. The number of amides is 1. The van der Waals surface area contributed by atoms with E-state index in [0.29, 0.717) is 6.54 Å². The Morgan fingerprint density at radius 3 is 3.00 bits per heavy atom. The maximum absolute atomic E-state index is 12.2. The van der Waals surface area contributed by atoms with Crippen LogP contribution in [0.15, 0.2) is 11.4 Å². The van der Waals surface area contributed by atoms with Crippen molar-refractivity contribution in [3.05, 3.63) is 21.9 Å². The van der Waals surface area contributed by atoms with Gasteiger partial charge in [-0.05, 0) is 29.3 Å². The summed E-state index contributed by atoms with van der Waals surface area (Å²) in [5, 5.41) is 11.1. The predicted molar refractivity (Wildman–Crippen MR) is 67.4 cm³/mol. The second-order valence-electron chi connectivity index (χ2n) is 4.73. The normalized spacial score (nSPS) is 16.5. The third-order valence-corrected chi connectivity index (χ3v) is 4.21. The van der Waals surface area contributed by atoms with Crippen LogP contribution < -0.4 is 0 Å². The number of hydrogen-bond acceptors (Lipinski definition) is 3. The molecule has 0 bridgehead atoms. The summed E-state index contributed by atoms with van der Waals surface area (Å²) >= 11 is 1.76. The van der Waals surface area contributed by atoms with Crippen LogP contribution in [0.2, 0.25) is 0 Å². The van der Waals surface area contributed by atoms with Crippen LogP contribution in [0.5, 0.6) is 0 Å². The number of nitrogens with zero attached hydrogens (tertiary/aromatic N) is 2. The Balaban J connectivity index is 2.11. The van der Waals surface area contributed by atoms with E-state index in [9.17, 15) is 4.79 Å². The molecule has 0 saturated carbocycles. The molecule has 90 valence electrons. The van der Waals surface area contributed by atoms with Crippen molar-refractivity contribution in [2.75, 3.05) is 6.54 Å². The average molecular weight is 248 g/mol. The number of nitriles is 1. The molecule has 0 aromatic carbocycles. The van der Waals surface area contributed by atoms with Crippen molar-refractivity contribution < 1.29 is 4.79 Å². The molecule has 1 aromatic heterocycles. The summed E-state index contributed by atoms with van der Waals surface area (Å²) in [6.07, 6.45) is 0.926. The molecule has 1 aliphatic heterocycles. The SMILES string of the molecule is CC(C)C(C#N)C(=O)N1CCc2sccc2C1. The average Bonchev–Trinajstić information content (AvgIpc) is 2.75. The highest BCUT2D eigenvalue weighted by atomic mass is 32.1. The molecule has 1 atom stereocenters. The lowest BCUT2D eigenvalue weighted by atomic mass is 9.95. The first-order valence-electron chi connectivity index (χ1n) is 5.87. The molecule has 2 heterocycles. The molecule has 3 nitrogen and oxygen atoms in total. The van der Waals surface area contributed by atoms with Crippen LogP contribution in [0.4, 0.5) is 0 Å². The molecular formula is C13H16N2OS. The van der Waals surface area contributed by atoms with Crippen molar-refractivity contribution in [1.82, 2.24) is 4.90 Å². The topological polar surface area (TPSA) is 44.1 Å². The highest BCUT2D eigenvalue weighted by Gasteiger charge is 2.29. The van der Waals surface area contributed by atoms with Gasteiger partial charge in [0.2, 0.25) is 5.91 Å². The molecule has 17 heavy (non-hydrogen) atoms. The smallest absolute Gasteiger partial charge is 0.240 e. The van der Waals surface area contributed by atoms with E-state index < -0.39 is 5.92 Å². The van der Waals surface area contributed by atoms with E-state index in [0.717, 1.165) is 13.0 Å². The van der Waals surface area contributed by atoms with E-state index in [-0.39, 0.29) is 11.8 Å². The van der Waals surface area contributed by atoms with Crippen LogP contribution in [0.25, 0.3) is 0 Å². The largest absolute Gasteiger partial charge is 0.337 e. The maximum Gasteiger partial charge on any atom is 0.240 e. The van der Waals surface area contributed by atoms with Gasteiger partial charge in [0.05, 0.1) is 6.07 Å². The van der Waals surface area contributed by atoms with E-state index in [1.54, 1.807) is 11.3 Å². The highest BCUT2D eigenvalue weighted by molar-refractivity contribution is 7.10. The summed E-state index contributed by atoms with van der Waals surface area (Å²) in [5.74, 6) is -0.439. The monoisotopic (exact) mass is 248 g/mol. The molecule has 0 fully saturated rings. The van der Waals surface area contributed by atoms with Crippen molar-refractivity contribution in [2.24, 2.45) is 11.8 Å². The van der Waals surface area contributed by atoms with E-state index >= 15 is 0 Å². The van der Waals surface area contributed by atoms with Crippen molar-refractivity contribution >= 4 is 17.2 Å². The van der Waals surface area contributed by atoms with Gasteiger partial charge in [0.25, 0.3) is 0 Å². The van der Waals surface area contributed by atoms with Gasteiger partial charge in [-0.25, -0.2) is 0 Å². The minimum Gasteiger partial charge on any atom is -0.337 e. The second-order valence-corrected chi connectivity index (χ2v) is 5.73. The van der Waals surface area contributed by atoms with Crippen LogP contribution in [-0.2, 0) is 17.8 Å². The fourth-order valence-corrected chi connectivity index (χ4v) is 3.01. The summed E-state index contributed by atoms with van der Waals surface area (Å²) in [5.41, 5.74) is 1.25. The van der Waals surface area contributed by atoms with Gasteiger partial charge in [0, 0.05) is 18.0 Å². The summed E-state index contributed by atoms with van der Waals surface area (Å²) in [4.78, 5) is 15.4. The second kappa shape index (κ2) is 4.89. The minimum atomic E-state index is -0.504. The molecule has 0 N–H and O–H groups in total. The molecule has 1 aromatic rings. The van der Waals surface area contributed by atoms with Crippen LogP contribution in [0.3, 0.4) is 0 Å². The van der Waals surface area contributed by atoms with Crippen LogP contribution >= 0.6 is 11.3 Å². The lowest BCUT2D eigenvalue weighted by molar-refractivity contribution is -0.135. The van der Waals surface area contributed by atoms with Crippen molar-refractivity contribution in [2.45, 2.75) is 26.8 Å². The van der Waals surface area contributed by atoms with Crippen molar-refractivity contribution in [3.63, 3.8) is 0 Å². The maximum atomic E-state index is 12.2. The fourth-order valence-electron chi connectivity index (χ4n) is 2.12. The first-order chi connectivity index (χ1) is 8.13. The Kier molecular flexibility index (Phi) is 3.49. The van der Waals surface area contributed by atoms with Crippen molar-refractivity contribution in [1.29, 1.82) is 5.26 Å². The Labute approximate surface area is 106 Å². The summed E-state index contributed by atoms with van der Waals surface area (Å²) in [6.45, 7) is 5.26. The molecule has 0 aliphatic carbocycles. The summed E-state index contributed by atoms with van der Waals surface area (Å²) in [6, 6.07) is 4.21. The number of carbonyl (C=O) groups excluding carboxylic acids is 1. The third-order valence-electron chi connectivity index (χ3n) is 3.19. The van der Waals surface area contributed by atoms with Gasteiger partial charge in [-0.2, -0.15) is 5.26 Å². The van der Waals surface area contributed by atoms with Gasteiger partial charge in [-0.1, -0.05) is 13.8 Å². The van der Waals surface area contributed by atoms with E-state index in [1.807, 2.05) is 18.7 Å². The quantitative estimate of drug-likeness (QED) is 0.806. The number of carbonyl (C=O) groups is 1. The molecule has 0 spiro atoms. The number of hydrogen-bond donors (Lipinski definition) is 0.